The van der Waals surface area contributed by atoms with Crippen LogP contribution in [0, 0.1) is 0 Å². The highest BCUT2D eigenvalue weighted by atomic mass is 79.9. The van der Waals surface area contributed by atoms with Crippen molar-refractivity contribution in [1.82, 2.24) is 0 Å². The van der Waals surface area contributed by atoms with Crippen molar-refractivity contribution in [2.75, 3.05) is 11.9 Å². The van der Waals surface area contributed by atoms with E-state index in [1.807, 2.05) is 13.0 Å². The minimum atomic E-state index is -2.81. The Morgan fingerprint density at radius 1 is 1.24 bits per heavy atom. The first-order valence-corrected chi connectivity index (χ1v) is 6.55. The molecule has 0 aliphatic rings. The second kappa shape index (κ2) is 7.48. The standard InChI is InChI=1S/C12H15BrF2O2/c1-2-16-10-6-9(4-3-5-13)7-11(8-10)17-12(14)15/h6-8,12H,2-5H2,1H3. The van der Waals surface area contributed by atoms with Gasteiger partial charge in [0, 0.05) is 11.4 Å². The average molecular weight is 309 g/mol. The molecule has 1 rings (SSSR count). The summed E-state index contributed by atoms with van der Waals surface area (Å²) in [6, 6.07) is 4.95. The van der Waals surface area contributed by atoms with Crippen LogP contribution in [-0.2, 0) is 6.42 Å². The molecule has 0 atom stereocenters. The van der Waals surface area contributed by atoms with Crippen molar-refractivity contribution >= 4 is 15.9 Å². The number of hydrogen-bond acceptors (Lipinski definition) is 2. The fourth-order valence-corrected chi connectivity index (χ4v) is 1.75. The SMILES string of the molecule is CCOc1cc(CCCBr)cc(OC(F)F)c1. The summed E-state index contributed by atoms with van der Waals surface area (Å²) < 4.78 is 34.0. The molecule has 0 heterocycles. The predicted molar refractivity (Wildman–Crippen MR) is 66.4 cm³/mol. The quantitative estimate of drug-likeness (QED) is 0.708. The van der Waals surface area contributed by atoms with E-state index in [9.17, 15) is 8.78 Å². The summed E-state index contributed by atoms with van der Waals surface area (Å²) >= 11 is 3.33. The van der Waals surface area contributed by atoms with E-state index in [1.54, 1.807) is 6.07 Å². The molecule has 0 unspecified atom stereocenters. The molecule has 2 nitrogen and oxygen atoms in total. The van der Waals surface area contributed by atoms with Gasteiger partial charge in [0.1, 0.15) is 11.5 Å². The van der Waals surface area contributed by atoms with Gasteiger partial charge in [-0.1, -0.05) is 15.9 Å². The molecule has 0 saturated heterocycles. The molecule has 0 fully saturated rings. The lowest BCUT2D eigenvalue weighted by Crippen LogP contribution is -2.03. The van der Waals surface area contributed by atoms with E-state index in [-0.39, 0.29) is 5.75 Å². The summed E-state index contributed by atoms with van der Waals surface area (Å²) in [5, 5.41) is 0.872. The van der Waals surface area contributed by atoms with Gasteiger partial charge in [-0.05, 0) is 37.5 Å². The van der Waals surface area contributed by atoms with Crippen molar-refractivity contribution in [2.45, 2.75) is 26.4 Å². The zero-order chi connectivity index (χ0) is 12.7. The van der Waals surface area contributed by atoms with Gasteiger partial charge in [0.05, 0.1) is 6.61 Å². The van der Waals surface area contributed by atoms with Crippen LogP contribution in [0.5, 0.6) is 11.5 Å². The molecule has 0 amide bonds. The summed E-state index contributed by atoms with van der Waals surface area (Å²) in [7, 11) is 0. The molecule has 0 aliphatic heterocycles. The monoisotopic (exact) mass is 308 g/mol. The number of aryl methyl sites for hydroxylation is 1. The molecule has 0 radical (unpaired) electrons. The molecule has 0 saturated carbocycles. The zero-order valence-electron chi connectivity index (χ0n) is 9.59. The minimum Gasteiger partial charge on any atom is -0.494 e. The summed E-state index contributed by atoms with van der Waals surface area (Å²) in [5.41, 5.74) is 0.936. The number of ether oxygens (including phenoxy) is 2. The molecule has 5 heteroatoms. The van der Waals surface area contributed by atoms with E-state index in [2.05, 4.69) is 20.7 Å². The van der Waals surface area contributed by atoms with Crippen molar-refractivity contribution in [3.63, 3.8) is 0 Å². The van der Waals surface area contributed by atoms with E-state index >= 15 is 0 Å². The largest absolute Gasteiger partial charge is 0.494 e. The minimum absolute atomic E-state index is 0.149. The van der Waals surface area contributed by atoms with Crippen LogP contribution in [0.4, 0.5) is 8.78 Å². The van der Waals surface area contributed by atoms with Crippen LogP contribution >= 0.6 is 15.9 Å². The van der Waals surface area contributed by atoms with Crippen LogP contribution in [-0.4, -0.2) is 18.5 Å². The third kappa shape index (κ3) is 5.35. The number of benzene rings is 1. The van der Waals surface area contributed by atoms with E-state index in [0.29, 0.717) is 12.4 Å². The van der Waals surface area contributed by atoms with Gasteiger partial charge in [-0.25, -0.2) is 0 Å². The van der Waals surface area contributed by atoms with Gasteiger partial charge in [0.2, 0.25) is 0 Å². The number of rotatable bonds is 7. The van der Waals surface area contributed by atoms with Crippen LogP contribution in [0.2, 0.25) is 0 Å². The molecule has 96 valence electrons. The zero-order valence-corrected chi connectivity index (χ0v) is 11.2. The topological polar surface area (TPSA) is 18.5 Å². The Labute approximate surface area is 108 Å². The lowest BCUT2D eigenvalue weighted by Gasteiger charge is -2.10. The molecule has 17 heavy (non-hydrogen) atoms. The van der Waals surface area contributed by atoms with Gasteiger partial charge < -0.3 is 9.47 Å². The molecule has 0 aliphatic carbocycles. The van der Waals surface area contributed by atoms with Crippen molar-refractivity contribution in [2.24, 2.45) is 0 Å². The van der Waals surface area contributed by atoms with Gasteiger partial charge in [0.25, 0.3) is 0 Å². The van der Waals surface area contributed by atoms with Crippen molar-refractivity contribution in [3.05, 3.63) is 23.8 Å². The maximum atomic E-state index is 12.2. The van der Waals surface area contributed by atoms with Gasteiger partial charge in [-0.15, -0.1) is 0 Å². The van der Waals surface area contributed by atoms with Crippen LogP contribution in [0.15, 0.2) is 18.2 Å². The summed E-state index contributed by atoms with van der Waals surface area (Å²) in [4.78, 5) is 0. The summed E-state index contributed by atoms with van der Waals surface area (Å²) in [6.07, 6.45) is 1.73. The molecule has 1 aromatic rings. The third-order valence-corrected chi connectivity index (χ3v) is 2.64. The van der Waals surface area contributed by atoms with Crippen molar-refractivity contribution in [1.29, 1.82) is 0 Å². The van der Waals surface area contributed by atoms with Crippen molar-refractivity contribution < 1.29 is 18.3 Å². The van der Waals surface area contributed by atoms with Crippen LogP contribution in [0.3, 0.4) is 0 Å². The summed E-state index contributed by atoms with van der Waals surface area (Å²) in [5.74, 6) is 0.714. The maximum Gasteiger partial charge on any atom is 0.387 e. The van der Waals surface area contributed by atoms with Gasteiger partial charge in [-0.2, -0.15) is 8.78 Å². The fourth-order valence-electron chi connectivity index (χ4n) is 1.47. The predicted octanol–water partition coefficient (Wildman–Crippen LogP) is 4.01. The Morgan fingerprint density at radius 2 is 1.94 bits per heavy atom. The molecule has 0 N–H and O–H groups in total. The normalized spacial score (nSPS) is 10.6. The first-order chi connectivity index (χ1) is 8.15. The van der Waals surface area contributed by atoms with E-state index < -0.39 is 6.61 Å². The second-order valence-electron chi connectivity index (χ2n) is 3.42. The molecular weight excluding hydrogens is 294 g/mol. The van der Waals surface area contributed by atoms with Crippen LogP contribution in [0.25, 0.3) is 0 Å². The van der Waals surface area contributed by atoms with Crippen LogP contribution in [0.1, 0.15) is 18.9 Å². The highest BCUT2D eigenvalue weighted by molar-refractivity contribution is 9.09. The number of alkyl halides is 3. The summed E-state index contributed by atoms with van der Waals surface area (Å²) in [6.45, 7) is -0.467. The molecule has 0 bridgehead atoms. The molecule has 0 spiro atoms. The lowest BCUT2D eigenvalue weighted by molar-refractivity contribution is -0.0499. The average Bonchev–Trinajstić information content (AvgIpc) is 2.25. The van der Waals surface area contributed by atoms with Gasteiger partial charge in [-0.3, -0.25) is 0 Å². The highest BCUT2D eigenvalue weighted by Gasteiger charge is 2.08. The van der Waals surface area contributed by atoms with Gasteiger partial charge in [0.15, 0.2) is 0 Å². The highest BCUT2D eigenvalue weighted by Crippen LogP contribution is 2.25. The fraction of sp³-hybridized carbons (Fsp3) is 0.500. The maximum absolute atomic E-state index is 12.2. The van der Waals surface area contributed by atoms with Crippen LogP contribution < -0.4 is 9.47 Å². The second-order valence-corrected chi connectivity index (χ2v) is 4.21. The van der Waals surface area contributed by atoms with E-state index in [4.69, 9.17) is 4.74 Å². The Balaban J connectivity index is 2.84. The first-order valence-electron chi connectivity index (χ1n) is 5.43. The lowest BCUT2D eigenvalue weighted by atomic mass is 10.1. The Kier molecular flexibility index (Phi) is 6.26. The van der Waals surface area contributed by atoms with E-state index in [1.165, 1.54) is 6.07 Å². The number of hydrogen-bond donors (Lipinski definition) is 0. The smallest absolute Gasteiger partial charge is 0.387 e. The molecular formula is C12H15BrF2O2. The first kappa shape index (κ1) is 14.2. The Bertz CT molecular complexity index is 345. The molecule has 1 aromatic carbocycles. The van der Waals surface area contributed by atoms with Gasteiger partial charge >= 0.3 is 6.61 Å². The molecule has 0 aromatic heterocycles. The number of halogens is 3. The Morgan fingerprint density at radius 3 is 2.53 bits per heavy atom. The van der Waals surface area contributed by atoms with E-state index in [0.717, 1.165) is 23.7 Å². The Hall–Kier alpha value is -0.840. The third-order valence-electron chi connectivity index (χ3n) is 2.08. The van der Waals surface area contributed by atoms with Crippen molar-refractivity contribution in [3.8, 4) is 11.5 Å².